The molecular weight excluding hydrogens is 140 g/mol. The molecule has 0 aromatic heterocycles. The van der Waals surface area contributed by atoms with Crippen LogP contribution in [0.2, 0.25) is 0 Å². The molecule has 1 rings (SSSR count). The quantitative estimate of drug-likeness (QED) is 0.475. The highest BCUT2D eigenvalue weighted by Crippen LogP contribution is 2.32. The van der Waals surface area contributed by atoms with E-state index in [9.17, 15) is 5.11 Å². The van der Waals surface area contributed by atoms with E-state index >= 15 is 0 Å². The van der Waals surface area contributed by atoms with E-state index in [0.29, 0.717) is 12.2 Å². The fourth-order valence-electron chi connectivity index (χ4n) is 0.774. The summed E-state index contributed by atoms with van der Waals surface area (Å²) in [6, 6.07) is 0. The summed E-state index contributed by atoms with van der Waals surface area (Å²) in [5, 5.41) is 26.2. The molecule has 0 aromatic carbocycles. The van der Waals surface area contributed by atoms with Crippen LogP contribution >= 0.6 is 11.8 Å². The minimum atomic E-state index is -2.14. The minimum absolute atomic E-state index is 0.424. The number of aliphatic hydroxyl groups excluding tert-OH is 1. The molecule has 2 N–H and O–H groups in total. The second-order valence-corrected chi connectivity index (χ2v) is 3.42. The third-order valence-electron chi connectivity index (χ3n) is 1.35. The standard InChI is InChI=1S/C5H9O3S/c6-4-2-1-3-9-5(4,7)8/h4,6-7H,1-3H2. The van der Waals surface area contributed by atoms with Gasteiger partial charge in [-0.3, -0.25) is 0 Å². The van der Waals surface area contributed by atoms with Crippen LogP contribution in [0, 0.1) is 0 Å². The number of rotatable bonds is 0. The van der Waals surface area contributed by atoms with Crippen molar-refractivity contribution < 1.29 is 15.3 Å². The lowest BCUT2D eigenvalue weighted by atomic mass is 10.2. The summed E-state index contributed by atoms with van der Waals surface area (Å²) in [4.78, 5) is 0. The highest BCUT2D eigenvalue weighted by molar-refractivity contribution is 8.00. The Labute approximate surface area is 57.7 Å². The first kappa shape index (κ1) is 7.34. The van der Waals surface area contributed by atoms with E-state index in [1.165, 1.54) is 0 Å². The molecule has 0 aliphatic carbocycles. The minimum Gasteiger partial charge on any atom is -0.386 e. The van der Waals surface area contributed by atoms with Gasteiger partial charge < -0.3 is 10.2 Å². The van der Waals surface area contributed by atoms with Crippen molar-refractivity contribution in [2.45, 2.75) is 24.1 Å². The zero-order chi connectivity index (χ0) is 6.91. The maximum absolute atomic E-state index is 10.7. The molecular formula is C5H9O3S. The van der Waals surface area contributed by atoms with Gasteiger partial charge in [0.25, 0.3) is 5.12 Å². The van der Waals surface area contributed by atoms with Crippen molar-refractivity contribution in [1.29, 1.82) is 0 Å². The van der Waals surface area contributed by atoms with Gasteiger partial charge in [-0.1, -0.05) is 11.8 Å². The van der Waals surface area contributed by atoms with Crippen LogP contribution in [0.15, 0.2) is 0 Å². The maximum Gasteiger partial charge on any atom is 0.273 e. The fourth-order valence-corrected chi connectivity index (χ4v) is 1.69. The summed E-state index contributed by atoms with van der Waals surface area (Å²) >= 11 is 0.878. The van der Waals surface area contributed by atoms with E-state index in [4.69, 9.17) is 10.2 Å². The lowest BCUT2D eigenvalue weighted by Gasteiger charge is -2.28. The van der Waals surface area contributed by atoms with Crippen LogP contribution in [0.3, 0.4) is 0 Å². The van der Waals surface area contributed by atoms with Crippen LogP contribution in [-0.2, 0) is 5.11 Å². The van der Waals surface area contributed by atoms with E-state index in [0.717, 1.165) is 18.2 Å². The van der Waals surface area contributed by atoms with Gasteiger partial charge in [0.1, 0.15) is 6.10 Å². The molecule has 0 bridgehead atoms. The van der Waals surface area contributed by atoms with Crippen LogP contribution in [0.25, 0.3) is 0 Å². The molecule has 1 saturated heterocycles. The molecule has 4 heteroatoms. The Kier molecular flexibility index (Phi) is 2.00. The predicted octanol–water partition coefficient (Wildman–Crippen LogP) is -0.0491. The molecule has 0 saturated carbocycles. The summed E-state index contributed by atoms with van der Waals surface area (Å²) in [5.74, 6) is 0.650. The van der Waals surface area contributed by atoms with Crippen LogP contribution in [0.4, 0.5) is 0 Å². The zero-order valence-corrected chi connectivity index (χ0v) is 5.73. The van der Waals surface area contributed by atoms with Gasteiger partial charge in [-0.2, -0.15) is 5.11 Å². The number of hydrogen-bond acceptors (Lipinski definition) is 3. The summed E-state index contributed by atoms with van der Waals surface area (Å²) < 4.78 is 0. The molecule has 1 radical (unpaired) electrons. The lowest BCUT2D eigenvalue weighted by molar-refractivity contribution is -0.194. The van der Waals surface area contributed by atoms with Crippen LogP contribution < -0.4 is 0 Å². The van der Waals surface area contributed by atoms with Gasteiger partial charge in [0.2, 0.25) is 0 Å². The molecule has 1 aliphatic rings. The van der Waals surface area contributed by atoms with Crippen molar-refractivity contribution in [2.24, 2.45) is 0 Å². The Morgan fingerprint density at radius 2 is 2.33 bits per heavy atom. The van der Waals surface area contributed by atoms with E-state index in [2.05, 4.69) is 0 Å². The number of aliphatic hydroxyl groups is 2. The van der Waals surface area contributed by atoms with E-state index in [1.807, 2.05) is 0 Å². The first-order valence-electron chi connectivity index (χ1n) is 2.88. The highest BCUT2D eigenvalue weighted by atomic mass is 32.2. The normalized spacial score (nSPS) is 34.3. The van der Waals surface area contributed by atoms with Crippen molar-refractivity contribution >= 4 is 11.8 Å². The first-order valence-corrected chi connectivity index (χ1v) is 3.86. The topological polar surface area (TPSA) is 60.4 Å². The average Bonchev–Trinajstić information content (AvgIpc) is 1.77. The lowest BCUT2D eigenvalue weighted by Crippen LogP contribution is -2.40. The first-order chi connectivity index (χ1) is 4.13. The maximum atomic E-state index is 10.7. The second kappa shape index (κ2) is 2.46. The Morgan fingerprint density at radius 3 is 2.67 bits per heavy atom. The van der Waals surface area contributed by atoms with Crippen LogP contribution in [0.5, 0.6) is 0 Å². The summed E-state index contributed by atoms with van der Waals surface area (Å²) in [7, 11) is 0. The van der Waals surface area contributed by atoms with Gasteiger partial charge in [-0.05, 0) is 18.6 Å². The van der Waals surface area contributed by atoms with Gasteiger partial charge in [0.15, 0.2) is 0 Å². The van der Waals surface area contributed by atoms with Crippen molar-refractivity contribution in [1.82, 2.24) is 0 Å². The third-order valence-corrected chi connectivity index (χ3v) is 2.53. The second-order valence-electron chi connectivity index (χ2n) is 2.14. The Hall–Kier alpha value is 0.230. The van der Waals surface area contributed by atoms with Crippen molar-refractivity contribution in [3.63, 3.8) is 0 Å². The number of thioether (sulfide) groups is 1. The molecule has 2 unspecified atom stereocenters. The van der Waals surface area contributed by atoms with Gasteiger partial charge in [-0.15, -0.1) is 0 Å². The molecule has 0 aromatic rings. The molecule has 2 atom stereocenters. The Balaban J connectivity index is 2.49. The molecule has 1 heterocycles. The van der Waals surface area contributed by atoms with Gasteiger partial charge in [-0.25, -0.2) is 0 Å². The van der Waals surface area contributed by atoms with Crippen molar-refractivity contribution in [3.05, 3.63) is 0 Å². The molecule has 9 heavy (non-hydrogen) atoms. The van der Waals surface area contributed by atoms with E-state index in [1.54, 1.807) is 0 Å². The summed E-state index contributed by atoms with van der Waals surface area (Å²) in [6.45, 7) is 0. The van der Waals surface area contributed by atoms with E-state index in [-0.39, 0.29) is 0 Å². The Morgan fingerprint density at radius 1 is 1.67 bits per heavy atom. The molecule has 1 aliphatic heterocycles. The molecule has 3 nitrogen and oxygen atoms in total. The summed E-state index contributed by atoms with van der Waals surface area (Å²) in [5.41, 5.74) is 0. The number of hydrogen-bond donors (Lipinski definition) is 2. The molecule has 0 amide bonds. The molecule has 0 spiro atoms. The van der Waals surface area contributed by atoms with Crippen LogP contribution in [0.1, 0.15) is 12.8 Å². The van der Waals surface area contributed by atoms with Gasteiger partial charge in [0, 0.05) is 0 Å². The SMILES string of the molecule is [O]C1(O)SCCCC1O. The summed E-state index contributed by atoms with van der Waals surface area (Å²) in [6.07, 6.45) is 0.153. The average molecular weight is 149 g/mol. The third kappa shape index (κ3) is 1.58. The molecule has 53 valence electrons. The van der Waals surface area contributed by atoms with Gasteiger partial charge in [0.05, 0.1) is 0 Å². The fraction of sp³-hybridized carbons (Fsp3) is 1.00. The van der Waals surface area contributed by atoms with Crippen molar-refractivity contribution in [3.8, 4) is 0 Å². The highest BCUT2D eigenvalue weighted by Gasteiger charge is 2.38. The van der Waals surface area contributed by atoms with Crippen molar-refractivity contribution in [2.75, 3.05) is 5.75 Å². The smallest absolute Gasteiger partial charge is 0.273 e. The Bertz CT molecular complexity index is 104. The zero-order valence-electron chi connectivity index (χ0n) is 4.91. The monoisotopic (exact) mass is 149 g/mol. The largest absolute Gasteiger partial charge is 0.386 e. The van der Waals surface area contributed by atoms with Crippen LogP contribution in [-0.4, -0.2) is 27.2 Å². The van der Waals surface area contributed by atoms with Gasteiger partial charge >= 0.3 is 0 Å². The molecule has 1 fully saturated rings. The van der Waals surface area contributed by atoms with E-state index < -0.39 is 11.2 Å². The predicted molar refractivity (Wildman–Crippen MR) is 33.3 cm³/mol.